The van der Waals surface area contributed by atoms with E-state index in [0.29, 0.717) is 22.7 Å². The van der Waals surface area contributed by atoms with Gasteiger partial charge in [0, 0.05) is 23.6 Å². The normalized spacial score (nSPS) is 21.9. The first-order valence-corrected chi connectivity index (χ1v) is 10.6. The number of carbonyl (C=O) groups is 2. The molecule has 0 bridgehead atoms. The molecule has 31 heavy (non-hydrogen) atoms. The average molecular weight is 436 g/mol. The van der Waals surface area contributed by atoms with Crippen LogP contribution in [0, 0.1) is 5.82 Å². The van der Waals surface area contributed by atoms with Gasteiger partial charge in [0.25, 0.3) is 5.78 Å². The Morgan fingerprint density at radius 3 is 2.71 bits per heavy atom. The van der Waals surface area contributed by atoms with Crippen molar-refractivity contribution in [1.29, 1.82) is 0 Å². The molecule has 156 valence electrons. The lowest BCUT2D eigenvalue weighted by atomic mass is 9.94. The summed E-state index contributed by atoms with van der Waals surface area (Å²) in [7, 11) is 0. The molecule has 2 aliphatic heterocycles. The summed E-state index contributed by atoms with van der Waals surface area (Å²) in [6.45, 7) is 1.95. The van der Waals surface area contributed by atoms with Crippen molar-refractivity contribution in [2.45, 2.75) is 25.5 Å². The summed E-state index contributed by atoms with van der Waals surface area (Å²) in [6, 6.07) is 9.76. The number of aromatic nitrogens is 1. The van der Waals surface area contributed by atoms with E-state index in [1.54, 1.807) is 23.6 Å². The average Bonchev–Trinajstić information content (AvgIpc) is 3.46. The summed E-state index contributed by atoms with van der Waals surface area (Å²) >= 11 is 1.20. The van der Waals surface area contributed by atoms with Crippen molar-refractivity contribution in [3.8, 4) is 5.75 Å². The van der Waals surface area contributed by atoms with Crippen LogP contribution < -0.4 is 9.64 Å². The number of benzene rings is 2. The Labute approximate surface area is 181 Å². The van der Waals surface area contributed by atoms with Crippen LogP contribution in [0.2, 0.25) is 0 Å². The highest BCUT2D eigenvalue weighted by Crippen LogP contribution is 2.43. The van der Waals surface area contributed by atoms with Gasteiger partial charge in [-0.1, -0.05) is 12.1 Å². The summed E-state index contributed by atoms with van der Waals surface area (Å²) in [5, 5.41) is 13.2. The largest absolute Gasteiger partial charge is 0.507 e. The number of rotatable bonds is 3. The highest BCUT2D eigenvalue weighted by atomic mass is 32.1. The Balaban J connectivity index is 1.68. The molecule has 2 aliphatic rings. The highest BCUT2D eigenvalue weighted by molar-refractivity contribution is 7.14. The van der Waals surface area contributed by atoms with Gasteiger partial charge < -0.3 is 9.84 Å². The topological polar surface area (TPSA) is 79.7 Å². The predicted molar refractivity (Wildman–Crippen MR) is 114 cm³/mol. The molecule has 1 amide bonds. The minimum atomic E-state index is -0.921. The monoisotopic (exact) mass is 436 g/mol. The number of ketones is 1. The third-order valence-corrected chi connectivity index (χ3v) is 6.20. The number of aliphatic hydroxyl groups is 1. The third kappa shape index (κ3) is 3.19. The second-order valence-corrected chi connectivity index (χ2v) is 8.36. The highest BCUT2D eigenvalue weighted by Gasteiger charge is 2.48. The van der Waals surface area contributed by atoms with E-state index in [-0.39, 0.29) is 17.4 Å². The van der Waals surface area contributed by atoms with Gasteiger partial charge >= 0.3 is 5.91 Å². The van der Waals surface area contributed by atoms with Gasteiger partial charge in [0.1, 0.15) is 23.4 Å². The van der Waals surface area contributed by atoms with Crippen LogP contribution in [-0.2, 0) is 16.0 Å². The number of fused-ring (bicyclic) bond motifs is 1. The molecule has 2 atom stereocenters. The van der Waals surface area contributed by atoms with Crippen LogP contribution in [0.1, 0.15) is 29.7 Å². The summed E-state index contributed by atoms with van der Waals surface area (Å²) in [4.78, 5) is 31.4. The van der Waals surface area contributed by atoms with Crippen molar-refractivity contribution in [2.24, 2.45) is 0 Å². The molecule has 0 unspecified atom stereocenters. The zero-order valence-electron chi connectivity index (χ0n) is 16.4. The number of Topliss-reactive ketones (excluding diaryl/α,β-unsaturated/α-hetero) is 1. The summed E-state index contributed by atoms with van der Waals surface area (Å²) in [5.74, 6) is -1.59. The second kappa shape index (κ2) is 7.31. The van der Waals surface area contributed by atoms with Crippen molar-refractivity contribution in [3.05, 3.63) is 82.1 Å². The van der Waals surface area contributed by atoms with Gasteiger partial charge in [-0.25, -0.2) is 9.37 Å². The second-order valence-electron chi connectivity index (χ2n) is 7.49. The predicted octanol–water partition coefficient (Wildman–Crippen LogP) is 4.23. The Kier molecular flexibility index (Phi) is 4.59. The number of carbonyl (C=O) groups excluding carboxylic acids is 2. The Hall–Kier alpha value is -3.52. The SMILES string of the molecule is C[C@H]1Cc2cc(/C(O)=C3\C(=O)C(=O)N(c4nccs4)[C@@H]3c3ccc(F)cc3)ccc2O1. The van der Waals surface area contributed by atoms with E-state index in [9.17, 15) is 19.1 Å². The molecule has 1 fully saturated rings. The fourth-order valence-electron chi connectivity index (χ4n) is 4.05. The van der Waals surface area contributed by atoms with Gasteiger partial charge in [-0.3, -0.25) is 14.5 Å². The molecule has 3 heterocycles. The lowest BCUT2D eigenvalue weighted by Crippen LogP contribution is -2.29. The fraction of sp³-hybridized carbons (Fsp3) is 0.174. The first kappa shape index (κ1) is 19.4. The van der Waals surface area contributed by atoms with Crippen LogP contribution >= 0.6 is 11.3 Å². The standard InChI is InChI=1S/C23H17FN2O4S/c1-12-10-15-11-14(4-7-17(15)30-12)20(27)18-19(13-2-5-16(24)6-3-13)26(22(29)21(18)28)23-25-8-9-31-23/h2-9,11-12,19,27H,10H2,1H3/b20-18+/t12-,19+/m0/s1. The van der Waals surface area contributed by atoms with Crippen LogP contribution in [0.4, 0.5) is 9.52 Å². The molecule has 1 aromatic heterocycles. The molecular formula is C23H17FN2O4S. The number of anilines is 1. The van der Waals surface area contributed by atoms with Gasteiger partial charge in [0.05, 0.1) is 11.6 Å². The number of amides is 1. The maximum atomic E-state index is 13.5. The van der Waals surface area contributed by atoms with Gasteiger partial charge in [0.15, 0.2) is 5.13 Å². The third-order valence-electron chi connectivity index (χ3n) is 5.42. The molecule has 1 saturated heterocycles. The minimum Gasteiger partial charge on any atom is -0.507 e. The Morgan fingerprint density at radius 1 is 1.23 bits per heavy atom. The van der Waals surface area contributed by atoms with Crippen molar-refractivity contribution in [2.75, 3.05) is 4.90 Å². The molecule has 6 nitrogen and oxygen atoms in total. The first-order valence-electron chi connectivity index (χ1n) is 9.70. The molecule has 0 aliphatic carbocycles. The molecule has 5 rings (SSSR count). The zero-order valence-corrected chi connectivity index (χ0v) is 17.2. The number of thiazole rings is 1. The molecule has 0 saturated carbocycles. The van der Waals surface area contributed by atoms with Crippen LogP contribution in [0.3, 0.4) is 0 Å². The van der Waals surface area contributed by atoms with E-state index in [1.807, 2.05) is 6.92 Å². The number of ether oxygens (including phenoxy) is 1. The molecule has 0 radical (unpaired) electrons. The minimum absolute atomic E-state index is 0.0297. The van der Waals surface area contributed by atoms with Crippen molar-refractivity contribution >= 4 is 33.9 Å². The maximum Gasteiger partial charge on any atom is 0.301 e. The lowest BCUT2D eigenvalue weighted by Gasteiger charge is -2.23. The van der Waals surface area contributed by atoms with E-state index in [1.165, 1.54) is 46.7 Å². The molecule has 0 spiro atoms. The van der Waals surface area contributed by atoms with Gasteiger partial charge in [-0.2, -0.15) is 0 Å². The smallest absolute Gasteiger partial charge is 0.301 e. The van der Waals surface area contributed by atoms with Crippen molar-refractivity contribution < 1.29 is 23.8 Å². The van der Waals surface area contributed by atoms with E-state index in [0.717, 1.165) is 11.3 Å². The van der Waals surface area contributed by atoms with E-state index >= 15 is 0 Å². The number of hydrogen-bond donors (Lipinski definition) is 1. The number of nitrogens with zero attached hydrogens (tertiary/aromatic N) is 2. The van der Waals surface area contributed by atoms with E-state index in [4.69, 9.17) is 4.74 Å². The van der Waals surface area contributed by atoms with Crippen LogP contribution in [0.25, 0.3) is 5.76 Å². The van der Waals surface area contributed by atoms with Gasteiger partial charge in [-0.15, -0.1) is 11.3 Å². The molecule has 8 heteroatoms. The van der Waals surface area contributed by atoms with Crippen molar-refractivity contribution in [3.63, 3.8) is 0 Å². The maximum absolute atomic E-state index is 13.5. The quantitative estimate of drug-likeness (QED) is 0.378. The molecule has 1 N–H and O–H groups in total. The summed E-state index contributed by atoms with van der Waals surface area (Å²) in [6.07, 6.45) is 2.25. The fourth-order valence-corrected chi connectivity index (χ4v) is 4.72. The Bertz CT molecular complexity index is 1220. The summed E-state index contributed by atoms with van der Waals surface area (Å²) in [5.41, 5.74) is 1.78. The molecule has 2 aromatic carbocycles. The molecular weight excluding hydrogens is 419 g/mol. The van der Waals surface area contributed by atoms with Gasteiger partial charge in [-0.05, 0) is 48.4 Å². The summed E-state index contributed by atoms with van der Waals surface area (Å²) < 4.78 is 19.2. The number of hydrogen-bond acceptors (Lipinski definition) is 6. The van der Waals surface area contributed by atoms with E-state index in [2.05, 4.69) is 4.98 Å². The number of aliphatic hydroxyl groups excluding tert-OH is 1. The Morgan fingerprint density at radius 2 is 2.00 bits per heavy atom. The van der Waals surface area contributed by atoms with Crippen LogP contribution in [0.5, 0.6) is 5.75 Å². The van der Waals surface area contributed by atoms with Crippen molar-refractivity contribution in [1.82, 2.24) is 4.98 Å². The zero-order chi connectivity index (χ0) is 21.7. The first-order chi connectivity index (χ1) is 14.9. The number of halogens is 1. The van der Waals surface area contributed by atoms with Crippen LogP contribution in [0.15, 0.2) is 59.6 Å². The lowest BCUT2D eigenvalue weighted by molar-refractivity contribution is -0.132. The van der Waals surface area contributed by atoms with E-state index < -0.39 is 23.5 Å². The van der Waals surface area contributed by atoms with Crippen LogP contribution in [-0.4, -0.2) is 27.9 Å². The molecule has 3 aromatic rings. The van der Waals surface area contributed by atoms with Gasteiger partial charge in [0.2, 0.25) is 0 Å².